The van der Waals surface area contributed by atoms with Crippen LogP contribution in [0.2, 0.25) is 0 Å². The van der Waals surface area contributed by atoms with E-state index in [1.54, 1.807) is 17.8 Å². The third kappa shape index (κ3) is 2.22. The number of carbonyl (C=O) groups is 1. The lowest BCUT2D eigenvalue weighted by atomic mass is 10.3. The largest absolute Gasteiger partial charge is 0.291 e. The molecule has 0 saturated heterocycles. The van der Waals surface area contributed by atoms with Gasteiger partial charge in [0.2, 0.25) is 0 Å². The van der Waals surface area contributed by atoms with Gasteiger partial charge in [0.15, 0.2) is 5.78 Å². The summed E-state index contributed by atoms with van der Waals surface area (Å²) in [6.45, 7) is 0. The topological polar surface area (TPSA) is 42.9 Å². The van der Waals surface area contributed by atoms with Crippen LogP contribution in [0.5, 0.6) is 0 Å². The molecule has 0 saturated carbocycles. The summed E-state index contributed by atoms with van der Waals surface area (Å²) in [4.78, 5) is 19.4. The third-order valence-corrected chi connectivity index (χ3v) is 2.95. The van der Waals surface area contributed by atoms with E-state index >= 15 is 0 Å². The highest BCUT2D eigenvalue weighted by Gasteiger charge is 2.10. The van der Waals surface area contributed by atoms with Gasteiger partial charge in [-0.15, -0.1) is 22.9 Å². The minimum Gasteiger partial charge on any atom is -0.291 e. The Kier molecular flexibility index (Phi) is 3.08. The summed E-state index contributed by atoms with van der Waals surface area (Å²) in [6.07, 6.45) is 3.41. The van der Waals surface area contributed by atoms with Gasteiger partial charge in [0.1, 0.15) is 10.7 Å². The summed E-state index contributed by atoms with van der Waals surface area (Å²) >= 11 is 6.86. The second kappa shape index (κ2) is 4.51. The first-order chi connectivity index (χ1) is 7.31. The number of halogens is 1. The standard InChI is InChI=1S/C10H7ClN2OS/c11-4-9(14)8-6-15-10(13-8)7-2-1-3-12-5-7/h1-3,5-6H,4H2. The van der Waals surface area contributed by atoms with E-state index in [0.29, 0.717) is 5.69 Å². The van der Waals surface area contributed by atoms with Gasteiger partial charge in [0, 0.05) is 23.3 Å². The van der Waals surface area contributed by atoms with Crippen LogP contribution in [-0.2, 0) is 0 Å². The molecule has 0 atom stereocenters. The smallest absolute Gasteiger partial charge is 0.196 e. The number of hydrogen-bond acceptors (Lipinski definition) is 4. The fraction of sp³-hybridized carbons (Fsp3) is 0.100. The molecule has 0 amide bonds. The summed E-state index contributed by atoms with van der Waals surface area (Å²) in [5, 5.41) is 2.50. The maximum absolute atomic E-state index is 11.3. The average molecular weight is 239 g/mol. The van der Waals surface area contributed by atoms with Gasteiger partial charge in [-0.1, -0.05) is 0 Å². The van der Waals surface area contributed by atoms with Crippen molar-refractivity contribution < 1.29 is 4.79 Å². The molecule has 0 bridgehead atoms. The van der Waals surface area contributed by atoms with Crippen molar-refractivity contribution in [1.82, 2.24) is 9.97 Å². The molecule has 0 unspecified atom stereocenters. The molecule has 76 valence electrons. The van der Waals surface area contributed by atoms with Crippen LogP contribution in [0.25, 0.3) is 10.6 Å². The predicted octanol–water partition coefficient (Wildman–Crippen LogP) is 2.63. The molecular weight excluding hydrogens is 232 g/mol. The molecule has 0 aliphatic carbocycles. The second-order valence-corrected chi connectivity index (χ2v) is 3.96. The van der Waals surface area contributed by atoms with Crippen molar-refractivity contribution in [1.29, 1.82) is 0 Å². The lowest BCUT2D eigenvalue weighted by Crippen LogP contribution is -1.99. The normalized spacial score (nSPS) is 10.2. The lowest BCUT2D eigenvalue weighted by Gasteiger charge is -1.92. The summed E-state index contributed by atoms with van der Waals surface area (Å²) < 4.78 is 0. The number of pyridine rings is 1. The van der Waals surface area contributed by atoms with E-state index in [1.165, 1.54) is 11.3 Å². The molecule has 2 heterocycles. The zero-order valence-electron chi connectivity index (χ0n) is 7.68. The Morgan fingerprint density at radius 2 is 2.40 bits per heavy atom. The Bertz CT molecular complexity index is 469. The van der Waals surface area contributed by atoms with Crippen LogP contribution in [0.4, 0.5) is 0 Å². The molecule has 0 aliphatic heterocycles. The fourth-order valence-electron chi connectivity index (χ4n) is 1.09. The lowest BCUT2D eigenvalue weighted by molar-refractivity contribution is 0.101. The fourth-order valence-corrected chi connectivity index (χ4v) is 2.04. The van der Waals surface area contributed by atoms with E-state index in [9.17, 15) is 4.79 Å². The first kappa shape index (κ1) is 10.3. The van der Waals surface area contributed by atoms with Crippen molar-refractivity contribution >= 4 is 28.7 Å². The van der Waals surface area contributed by atoms with E-state index in [-0.39, 0.29) is 11.7 Å². The number of aromatic nitrogens is 2. The Balaban J connectivity index is 2.32. The van der Waals surface area contributed by atoms with Crippen LogP contribution in [0.1, 0.15) is 10.5 Å². The van der Waals surface area contributed by atoms with Crippen LogP contribution in [0, 0.1) is 0 Å². The molecule has 5 heteroatoms. The first-order valence-corrected chi connectivity index (χ1v) is 5.68. The number of Topliss-reactive ketones (excluding diaryl/α,β-unsaturated/α-hetero) is 1. The highest BCUT2D eigenvalue weighted by Crippen LogP contribution is 2.22. The average Bonchev–Trinajstić information content (AvgIpc) is 2.78. The Hall–Kier alpha value is -1.26. The molecule has 0 spiro atoms. The Morgan fingerprint density at radius 1 is 1.53 bits per heavy atom. The van der Waals surface area contributed by atoms with Crippen LogP contribution >= 0.6 is 22.9 Å². The number of thiazole rings is 1. The molecule has 0 fully saturated rings. The molecule has 2 aromatic rings. The van der Waals surface area contributed by atoms with Gasteiger partial charge in [-0.25, -0.2) is 4.98 Å². The summed E-state index contributed by atoms with van der Waals surface area (Å²) in [7, 11) is 0. The van der Waals surface area contributed by atoms with E-state index in [4.69, 9.17) is 11.6 Å². The minimum atomic E-state index is -0.150. The maximum Gasteiger partial charge on any atom is 0.196 e. The molecule has 0 N–H and O–H groups in total. The van der Waals surface area contributed by atoms with E-state index in [0.717, 1.165) is 10.6 Å². The van der Waals surface area contributed by atoms with Gasteiger partial charge in [-0.05, 0) is 12.1 Å². The second-order valence-electron chi connectivity index (χ2n) is 2.84. The van der Waals surface area contributed by atoms with Gasteiger partial charge >= 0.3 is 0 Å². The highest BCUT2D eigenvalue weighted by atomic mass is 35.5. The molecular formula is C10H7ClN2OS. The van der Waals surface area contributed by atoms with Gasteiger partial charge in [-0.2, -0.15) is 0 Å². The van der Waals surface area contributed by atoms with Gasteiger partial charge < -0.3 is 0 Å². The minimum absolute atomic E-state index is 0.0315. The molecule has 2 aromatic heterocycles. The number of nitrogens with zero attached hydrogens (tertiary/aromatic N) is 2. The third-order valence-electron chi connectivity index (χ3n) is 1.82. The van der Waals surface area contributed by atoms with Crippen LogP contribution in [0.3, 0.4) is 0 Å². The number of carbonyl (C=O) groups excluding carboxylic acids is 1. The van der Waals surface area contributed by atoms with E-state index in [1.807, 2.05) is 12.1 Å². The highest BCUT2D eigenvalue weighted by molar-refractivity contribution is 7.13. The van der Waals surface area contributed by atoms with Crippen molar-refractivity contribution in [2.75, 3.05) is 5.88 Å². The molecule has 0 aliphatic rings. The monoisotopic (exact) mass is 238 g/mol. The summed E-state index contributed by atoms with van der Waals surface area (Å²) in [5.41, 5.74) is 1.34. The number of hydrogen-bond donors (Lipinski definition) is 0. The van der Waals surface area contributed by atoms with Gasteiger partial charge in [0.05, 0.1) is 5.88 Å². The molecule has 15 heavy (non-hydrogen) atoms. The molecule has 0 radical (unpaired) electrons. The van der Waals surface area contributed by atoms with Crippen molar-refractivity contribution in [3.05, 3.63) is 35.6 Å². The number of rotatable bonds is 3. The zero-order chi connectivity index (χ0) is 10.7. The van der Waals surface area contributed by atoms with Crippen molar-refractivity contribution in [3.8, 4) is 10.6 Å². The van der Waals surface area contributed by atoms with E-state index in [2.05, 4.69) is 9.97 Å². The zero-order valence-corrected chi connectivity index (χ0v) is 9.26. The van der Waals surface area contributed by atoms with Gasteiger partial charge in [0.25, 0.3) is 0 Å². The molecule has 2 rings (SSSR count). The maximum atomic E-state index is 11.3. The van der Waals surface area contributed by atoms with Crippen LogP contribution in [0.15, 0.2) is 29.9 Å². The van der Waals surface area contributed by atoms with Crippen molar-refractivity contribution in [3.63, 3.8) is 0 Å². The summed E-state index contributed by atoms with van der Waals surface area (Å²) in [5.74, 6) is -0.181. The first-order valence-electron chi connectivity index (χ1n) is 4.26. The van der Waals surface area contributed by atoms with Crippen molar-refractivity contribution in [2.45, 2.75) is 0 Å². The van der Waals surface area contributed by atoms with Crippen LogP contribution in [-0.4, -0.2) is 21.6 Å². The number of ketones is 1. The Morgan fingerprint density at radius 3 is 3.07 bits per heavy atom. The quantitative estimate of drug-likeness (QED) is 0.610. The SMILES string of the molecule is O=C(CCl)c1csc(-c2cccnc2)n1. The molecule has 0 aromatic carbocycles. The van der Waals surface area contributed by atoms with Crippen molar-refractivity contribution in [2.24, 2.45) is 0 Å². The molecule has 3 nitrogen and oxygen atoms in total. The van der Waals surface area contributed by atoms with Gasteiger partial charge in [-0.3, -0.25) is 9.78 Å². The van der Waals surface area contributed by atoms with E-state index < -0.39 is 0 Å². The number of alkyl halides is 1. The predicted molar refractivity (Wildman–Crippen MR) is 60.4 cm³/mol. The summed E-state index contributed by atoms with van der Waals surface area (Å²) in [6, 6.07) is 3.74. The Labute approximate surface area is 95.8 Å². The van der Waals surface area contributed by atoms with Crippen LogP contribution < -0.4 is 0 Å².